The molecule has 0 bridgehead atoms. The van der Waals surface area contributed by atoms with Crippen molar-refractivity contribution < 1.29 is 103 Å². The molecule has 1 aromatic rings. The van der Waals surface area contributed by atoms with Gasteiger partial charge in [0.05, 0.1) is 23.4 Å². The first-order valence-corrected chi connectivity index (χ1v) is 9.70. The summed E-state index contributed by atoms with van der Waals surface area (Å²) in [5, 5.41) is 37.8. The Labute approximate surface area is 242 Å². The number of aliphatic carboxylic acids is 2. The van der Waals surface area contributed by atoms with Crippen molar-refractivity contribution in [3.8, 4) is 5.75 Å². The number of carboxylic acids is 2. The number of carboxylic acid groups (broad SMARTS) is 2. The molecule has 33 heavy (non-hydrogen) atoms. The van der Waals surface area contributed by atoms with Crippen LogP contribution in [0.2, 0.25) is 0 Å². The molecule has 2 atom stereocenters. The summed E-state index contributed by atoms with van der Waals surface area (Å²) in [5.74, 6) is -6.57. The van der Waals surface area contributed by atoms with Crippen LogP contribution in [0, 0.1) is 0 Å². The van der Waals surface area contributed by atoms with Crippen molar-refractivity contribution in [1.82, 2.24) is 10.6 Å². The van der Waals surface area contributed by atoms with Crippen LogP contribution in [0.3, 0.4) is 0 Å². The van der Waals surface area contributed by atoms with Crippen LogP contribution in [0.25, 0.3) is 0 Å². The number of nitrogens with one attached hydrogen (secondary N) is 3. The Bertz CT molecular complexity index is 955. The molecule has 0 fully saturated rings. The number of phenolic OH excluding ortho intramolecular Hbond substituents is 1. The van der Waals surface area contributed by atoms with E-state index in [0.29, 0.717) is 0 Å². The minimum absolute atomic E-state index is 0. The summed E-state index contributed by atoms with van der Waals surface area (Å²) in [7, 11) is 0. The second-order valence-corrected chi connectivity index (χ2v) is 7.18. The Morgan fingerprint density at radius 1 is 1.21 bits per heavy atom. The molecule has 0 aliphatic carbocycles. The average Bonchev–Trinajstić information content (AvgIpc) is 2.74. The number of hydrogen-bond donors (Lipinski definition) is 5. The molecule has 0 unspecified atom stereocenters. The Hall–Kier alpha value is -1.32. The fourth-order valence-corrected chi connectivity index (χ4v) is 3.16. The molecule has 170 valence electrons. The summed E-state index contributed by atoms with van der Waals surface area (Å²) in [6.45, 7) is -3.75. The molecular weight excluding hydrogens is 478 g/mol. The summed E-state index contributed by atoms with van der Waals surface area (Å²) < 4.78 is 21.2. The van der Waals surface area contributed by atoms with Crippen LogP contribution in [0.1, 0.15) is 23.8 Å². The van der Waals surface area contributed by atoms with Gasteiger partial charge in [-0.1, -0.05) is 0 Å². The molecule has 0 spiro atoms. The van der Waals surface area contributed by atoms with Crippen LogP contribution in [0.5, 0.6) is 5.75 Å². The van der Waals surface area contributed by atoms with Gasteiger partial charge in [-0.15, -0.1) is 11.8 Å². The normalized spacial score (nSPS) is 13.3. The summed E-state index contributed by atoms with van der Waals surface area (Å²) in [4.78, 5) is 57.4. The molecule has 3 amide bonds. The molecule has 0 aliphatic heterocycles. The van der Waals surface area contributed by atoms with Gasteiger partial charge in [-0.25, -0.2) is 0 Å². The third-order valence-electron chi connectivity index (χ3n) is 3.67. The molecule has 0 aliphatic rings. The van der Waals surface area contributed by atoms with Crippen LogP contribution >= 0.6 is 11.8 Å². The van der Waals surface area contributed by atoms with E-state index in [0.717, 1.165) is 11.8 Å². The summed E-state index contributed by atoms with van der Waals surface area (Å²) in [5.41, 5.74) is 5.31. The van der Waals surface area contributed by atoms with Crippen LogP contribution < -0.4 is 91.0 Å². The third-order valence-corrected chi connectivity index (χ3v) is 4.80. The molecule has 0 radical (unpaired) electrons. The number of thioether (sulfide) groups is 1. The van der Waals surface area contributed by atoms with Crippen molar-refractivity contribution in [2.75, 3.05) is 17.6 Å². The van der Waals surface area contributed by atoms with Gasteiger partial charge >= 0.3 is 59.1 Å². The quantitative estimate of drug-likeness (QED) is 0.103. The first-order chi connectivity index (χ1) is 15.7. The van der Waals surface area contributed by atoms with Crippen LogP contribution in [0.15, 0.2) is 23.1 Å². The molecule has 1 aromatic carbocycles. The molecule has 15 heteroatoms. The van der Waals surface area contributed by atoms with E-state index in [-0.39, 0.29) is 94.0 Å². The number of phenols is 1. The number of benzene rings is 1. The van der Waals surface area contributed by atoms with Gasteiger partial charge in [0, 0.05) is 34.9 Å². The number of anilines is 1. The van der Waals surface area contributed by atoms with E-state index in [1.807, 2.05) is 5.32 Å². The minimum atomic E-state index is -2.91. The van der Waals surface area contributed by atoms with E-state index in [1.165, 1.54) is 18.2 Å². The van der Waals surface area contributed by atoms with E-state index < -0.39 is 55.1 Å². The minimum Gasteiger partial charge on any atom is -0.548 e. The molecule has 0 saturated heterocycles. The number of carbonyl (C=O) groups is 5. The third kappa shape index (κ3) is 13.9. The smallest absolute Gasteiger partial charge is 0.548 e. The number of carbonyl (C=O) groups excluding carboxylic acids is 5. The molecule has 1 rings (SSSR count). The van der Waals surface area contributed by atoms with E-state index in [9.17, 15) is 39.3 Å². The van der Waals surface area contributed by atoms with Crippen molar-refractivity contribution in [3.63, 3.8) is 0 Å². The van der Waals surface area contributed by atoms with Crippen LogP contribution in [-0.4, -0.2) is 59.1 Å². The molecule has 0 aromatic heterocycles. The number of hydrogen-bond acceptors (Lipinski definition) is 10. The number of aromatic hydroxyl groups is 1. The predicted molar refractivity (Wildman–Crippen MR) is 105 cm³/mol. The van der Waals surface area contributed by atoms with Crippen molar-refractivity contribution in [3.05, 3.63) is 18.2 Å². The maximum absolute atomic E-state index is 12.3. The molecule has 0 heterocycles. The molecule has 12 nitrogen and oxygen atoms in total. The van der Waals surface area contributed by atoms with Gasteiger partial charge < -0.3 is 46.6 Å². The van der Waals surface area contributed by atoms with Gasteiger partial charge in [0.25, 0.3) is 0 Å². The Morgan fingerprint density at radius 3 is 2.45 bits per heavy atom. The van der Waals surface area contributed by atoms with E-state index in [4.69, 9.17) is 9.85 Å². The topological polar surface area (TPSA) is 214 Å². The zero-order valence-corrected chi connectivity index (χ0v) is 22.8. The van der Waals surface area contributed by atoms with Gasteiger partial charge in [0.15, 0.2) is 0 Å². The van der Waals surface area contributed by atoms with Crippen molar-refractivity contribution in [1.29, 1.82) is 0 Å². The van der Waals surface area contributed by atoms with Gasteiger partial charge in [0.1, 0.15) is 11.8 Å². The largest absolute Gasteiger partial charge is 1.00 e. The monoisotopic (exact) mass is 503 g/mol. The van der Waals surface area contributed by atoms with Gasteiger partial charge in [-0.2, -0.15) is 0 Å². The fraction of sp³-hybridized carbons (Fsp3) is 0.389. The van der Waals surface area contributed by atoms with Crippen LogP contribution in [0.4, 0.5) is 5.69 Å². The second kappa shape index (κ2) is 17.2. The van der Waals surface area contributed by atoms with Crippen molar-refractivity contribution in [2.45, 2.75) is 36.7 Å². The zero-order chi connectivity index (χ0) is 26.1. The van der Waals surface area contributed by atoms with Crippen molar-refractivity contribution >= 4 is 47.1 Å². The maximum atomic E-state index is 12.3. The molecule has 0 saturated carbocycles. The Balaban J connectivity index is 0. The van der Waals surface area contributed by atoms with E-state index in [2.05, 4.69) is 10.6 Å². The molecule has 6 N–H and O–H groups in total. The SMILES string of the molecule is [2H]C([2H])([2H])C(=O)Nc1ccc(O)c(SC[C@H](NC(=O)CC[C@H](N)C(=O)[O-])C(=O)NCC(=O)[O-])c1.[Na+].[Na+]. The van der Waals surface area contributed by atoms with Gasteiger partial charge in [-0.3, -0.25) is 14.4 Å². The van der Waals surface area contributed by atoms with Crippen molar-refractivity contribution in [2.24, 2.45) is 5.73 Å². The second-order valence-electron chi connectivity index (χ2n) is 6.12. The first-order valence-electron chi connectivity index (χ1n) is 10.2. The van der Waals surface area contributed by atoms with Crippen LogP contribution in [-0.2, 0) is 24.0 Å². The maximum Gasteiger partial charge on any atom is 1.00 e. The van der Waals surface area contributed by atoms with E-state index in [1.54, 1.807) is 0 Å². The van der Waals surface area contributed by atoms with Gasteiger partial charge in [0.2, 0.25) is 17.7 Å². The number of rotatable bonds is 12. The molecular formula is C18H22N4Na2O8S. The Morgan fingerprint density at radius 2 is 1.88 bits per heavy atom. The number of nitrogens with two attached hydrogens (primary N) is 1. The summed E-state index contributed by atoms with van der Waals surface area (Å²) in [6, 6.07) is 0.921. The summed E-state index contributed by atoms with van der Waals surface area (Å²) >= 11 is 0.828. The fourth-order valence-electron chi connectivity index (χ4n) is 2.15. The standard InChI is InChI=1S/C18H24N4O8S.2Na/c1-9(23)21-10-2-4-13(24)14(6-10)31-8-12(17(28)20-7-16(26)27)22-15(25)5-3-11(19)18(29)30;;/h2,4,6,11-12,24H,3,5,7-8,19H2,1H3,(H,20,28)(H,21,23)(H,22,25)(H,26,27)(H,29,30);;/q;2*+1/p-2/t11-,12-;;/m0../s1/i1D3;;. The predicted octanol–water partition coefficient (Wildman–Crippen LogP) is -9.34. The van der Waals surface area contributed by atoms with E-state index >= 15 is 0 Å². The van der Waals surface area contributed by atoms with Gasteiger partial charge in [-0.05, 0) is 24.6 Å². The zero-order valence-electron chi connectivity index (χ0n) is 21.0. The first kappa shape index (κ1) is 27.9. The average molecular weight is 503 g/mol. The Kier molecular flexibility index (Phi) is 14.5. The number of amides is 3. The summed E-state index contributed by atoms with van der Waals surface area (Å²) in [6.07, 6.45) is -0.646.